The third-order valence-corrected chi connectivity index (χ3v) is 2.32. The standard InChI is InChI=1S/C10H9ClN2/c1-7(5-11)9-6-13-10-8(9)3-2-4-12-10/h2-4,6H,1,5H2,(H,12,13). The van der Waals surface area contributed by atoms with Gasteiger partial charge in [0, 0.05) is 29.2 Å². The first-order valence-electron chi connectivity index (χ1n) is 3.99. The monoisotopic (exact) mass is 192 g/mol. The summed E-state index contributed by atoms with van der Waals surface area (Å²) >= 11 is 5.71. The van der Waals surface area contributed by atoms with Gasteiger partial charge in [0.2, 0.25) is 0 Å². The number of hydrogen-bond acceptors (Lipinski definition) is 1. The number of rotatable bonds is 2. The van der Waals surface area contributed by atoms with E-state index in [2.05, 4.69) is 16.5 Å². The lowest BCUT2D eigenvalue weighted by Crippen LogP contribution is -1.81. The van der Waals surface area contributed by atoms with E-state index in [1.54, 1.807) is 6.20 Å². The first kappa shape index (κ1) is 8.32. The van der Waals surface area contributed by atoms with Crippen LogP contribution in [0.2, 0.25) is 0 Å². The van der Waals surface area contributed by atoms with Crippen molar-refractivity contribution >= 4 is 28.2 Å². The Bertz CT molecular complexity index is 445. The minimum atomic E-state index is 0.446. The number of pyridine rings is 1. The van der Waals surface area contributed by atoms with Gasteiger partial charge in [0.15, 0.2) is 0 Å². The van der Waals surface area contributed by atoms with E-state index >= 15 is 0 Å². The van der Waals surface area contributed by atoms with Gasteiger partial charge in [-0.1, -0.05) is 6.58 Å². The van der Waals surface area contributed by atoms with Crippen LogP contribution >= 0.6 is 11.6 Å². The molecule has 2 rings (SSSR count). The topological polar surface area (TPSA) is 28.7 Å². The highest BCUT2D eigenvalue weighted by Crippen LogP contribution is 2.22. The molecular formula is C10H9ClN2. The molecule has 0 aromatic carbocycles. The molecule has 0 aliphatic heterocycles. The molecule has 0 fully saturated rings. The number of aromatic nitrogens is 2. The lowest BCUT2D eigenvalue weighted by molar-refractivity contribution is 1.32. The Labute approximate surface area is 81.3 Å². The van der Waals surface area contributed by atoms with E-state index in [0.717, 1.165) is 22.2 Å². The summed E-state index contributed by atoms with van der Waals surface area (Å²) in [5.74, 6) is 0.446. The van der Waals surface area contributed by atoms with E-state index in [0.29, 0.717) is 5.88 Å². The van der Waals surface area contributed by atoms with Crippen LogP contribution in [0.15, 0.2) is 31.1 Å². The third kappa shape index (κ3) is 1.33. The van der Waals surface area contributed by atoms with E-state index in [-0.39, 0.29) is 0 Å². The van der Waals surface area contributed by atoms with Gasteiger partial charge in [-0.2, -0.15) is 0 Å². The van der Waals surface area contributed by atoms with E-state index in [9.17, 15) is 0 Å². The van der Waals surface area contributed by atoms with Gasteiger partial charge in [-0.05, 0) is 17.7 Å². The Morgan fingerprint density at radius 3 is 3.23 bits per heavy atom. The number of aromatic amines is 1. The lowest BCUT2D eigenvalue weighted by Gasteiger charge is -1.97. The Kier molecular flexibility index (Phi) is 2.07. The van der Waals surface area contributed by atoms with Crippen molar-refractivity contribution in [3.63, 3.8) is 0 Å². The fourth-order valence-electron chi connectivity index (χ4n) is 1.32. The van der Waals surface area contributed by atoms with Crippen LogP contribution in [-0.4, -0.2) is 15.8 Å². The van der Waals surface area contributed by atoms with Crippen LogP contribution in [0.4, 0.5) is 0 Å². The van der Waals surface area contributed by atoms with Gasteiger partial charge in [-0.3, -0.25) is 0 Å². The molecule has 0 bridgehead atoms. The molecule has 0 aliphatic carbocycles. The number of alkyl halides is 1. The van der Waals surface area contributed by atoms with Crippen LogP contribution in [0.1, 0.15) is 5.56 Å². The fourth-order valence-corrected chi connectivity index (χ4v) is 1.46. The maximum absolute atomic E-state index is 5.71. The summed E-state index contributed by atoms with van der Waals surface area (Å²) in [5.41, 5.74) is 2.85. The number of H-pyrrole nitrogens is 1. The van der Waals surface area contributed by atoms with Crippen LogP contribution in [0.25, 0.3) is 16.6 Å². The van der Waals surface area contributed by atoms with Crippen molar-refractivity contribution in [2.75, 3.05) is 5.88 Å². The maximum atomic E-state index is 5.71. The van der Waals surface area contributed by atoms with Crippen LogP contribution < -0.4 is 0 Å². The molecule has 2 aromatic heterocycles. The lowest BCUT2D eigenvalue weighted by atomic mass is 10.1. The second kappa shape index (κ2) is 3.23. The van der Waals surface area contributed by atoms with Gasteiger partial charge in [0.05, 0.1) is 0 Å². The minimum absolute atomic E-state index is 0.446. The summed E-state index contributed by atoms with van der Waals surface area (Å²) in [6.07, 6.45) is 3.65. The smallest absolute Gasteiger partial charge is 0.137 e. The van der Waals surface area contributed by atoms with Crippen molar-refractivity contribution in [3.8, 4) is 0 Å². The Hall–Kier alpha value is -1.28. The van der Waals surface area contributed by atoms with Gasteiger partial charge in [0.25, 0.3) is 0 Å². The average Bonchev–Trinajstić information content (AvgIpc) is 2.60. The molecule has 0 amide bonds. The molecule has 0 spiro atoms. The summed E-state index contributed by atoms with van der Waals surface area (Å²) in [6, 6.07) is 3.91. The summed E-state index contributed by atoms with van der Waals surface area (Å²) in [6.45, 7) is 3.89. The van der Waals surface area contributed by atoms with E-state index in [4.69, 9.17) is 11.6 Å². The van der Waals surface area contributed by atoms with Crippen LogP contribution in [-0.2, 0) is 0 Å². The highest BCUT2D eigenvalue weighted by Gasteiger charge is 2.05. The molecule has 0 radical (unpaired) electrons. The first-order chi connectivity index (χ1) is 6.33. The predicted octanol–water partition coefficient (Wildman–Crippen LogP) is 2.81. The van der Waals surface area contributed by atoms with Crippen LogP contribution in [0, 0.1) is 0 Å². The highest BCUT2D eigenvalue weighted by molar-refractivity contribution is 6.23. The average molecular weight is 193 g/mol. The Balaban J connectivity index is 2.64. The molecule has 2 nitrogen and oxygen atoms in total. The van der Waals surface area contributed by atoms with Gasteiger partial charge in [-0.15, -0.1) is 11.6 Å². The summed E-state index contributed by atoms with van der Waals surface area (Å²) < 4.78 is 0. The zero-order chi connectivity index (χ0) is 9.26. The van der Waals surface area contributed by atoms with Crippen molar-refractivity contribution in [1.29, 1.82) is 0 Å². The number of hydrogen-bond donors (Lipinski definition) is 1. The molecule has 66 valence electrons. The van der Waals surface area contributed by atoms with Gasteiger partial charge in [0.1, 0.15) is 5.65 Å². The molecule has 0 atom stereocenters. The summed E-state index contributed by atoms with van der Waals surface area (Å²) in [7, 11) is 0. The molecule has 3 heteroatoms. The molecule has 13 heavy (non-hydrogen) atoms. The van der Waals surface area contributed by atoms with Gasteiger partial charge < -0.3 is 4.98 Å². The Morgan fingerprint density at radius 1 is 1.62 bits per heavy atom. The number of halogens is 1. The predicted molar refractivity (Wildman–Crippen MR) is 55.8 cm³/mol. The normalized spacial score (nSPS) is 10.5. The molecule has 2 aromatic rings. The van der Waals surface area contributed by atoms with Crippen LogP contribution in [0.5, 0.6) is 0 Å². The maximum Gasteiger partial charge on any atom is 0.137 e. The largest absolute Gasteiger partial charge is 0.346 e. The first-order valence-corrected chi connectivity index (χ1v) is 4.52. The molecule has 0 unspecified atom stereocenters. The zero-order valence-electron chi connectivity index (χ0n) is 7.05. The quantitative estimate of drug-likeness (QED) is 0.729. The van der Waals surface area contributed by atoms with Crippen molar-refractivity contribution in [1.82, 2.24) is 9.97 Å². The molecule has 2 heterocycles. The fraction of sp³-hybridized carbons (Fsp3) is 0.100. The van der Waals surface area contributed by atoms with Crippen molar-refractivity contribution in [2.45, 2.75) is 0 Å². The molecule has 1 N–H and O–H groups in total. The van der Waals surface area contributed by atoms with Gasteiger partial charge >= 0.3 is 0 Å². The molecule has 0 aliphatic rings. The molecule has 0 saturated carbocycles. The van der Waals surface area contributed by atoms with Crippen molar-refractivity contribution in [3.05, 3.63) is 36.7 Å². The second-order valence-corrected chi connectivity index (χ2v) is 3.11. The van der Waals surface area contributed by atoms with Crippen molar-refractivity contribution < 1.29 is 0 Å². The number of allylic oxidation sites excluding steroid dienone is 1. The molecular weight excluding hydrogens is 184 g/mol. The number of nitrogens with zero attached hydrogens (tertiary/aromatic N) is 1. The van der Waals surface area contributed by atoms with E-state index in [1.165, 1.54) is 0 Å². The number of nitrogens with one attached hydrogen (secondary N) is 1. The SMILES string of the molecule is C=C(CCl)c1c[nH]c2ncccc12. The van der Waals surface area contributed by atoms with Crippen LogP contribution in [0.3, 0.4) is 0 Å². The van der Waals surface area contributed by atoms with E-state index in [1.807, 2.05) is 18.3 Å². The van der Waals surface area contributed by atoms with E-state index < -0.39 is 0 Å². The minimum Gasteiger partial charge on any atom is -0.346 e. The number of fused-ring (bicyclic) bond motifs is 1. The third-order valence-electron chi connectivity index (χ3n) is 1.99. The molecule has 0 saturated heterocycles. The summed E-state index contributed by atoms with van der Waals surface area (Å²) in [4.78, 5) is 7.25. The second-order valence-electron chi connectivity index (χ2n) is 2.84. The highest BCUT2D eigenvalue weighted by atomic mass is 35.5. The Morgan fingerprint density at radius 2 is 2.46 bits per heavy atom. The van der Waals surface area contributed by atoms with Crippen molar-refractivity contribution in [2.24, 2.45) is 0 Å². The summed E-state index contributed by atoms with van der Waals surface area (Å²) in [5, 5.41) is 1.08. The van der Waals surface area contributed by atoms with Gasteiger partial charge in [-0.25, -0.2) is 4.98 Å². The zero-order valence-corrected chi connectivity index (χ0v) is 7.80.